The zero-order chi connectivity index (χ0) is 13.2. The lowest BCUT2D eigenvalue weighted by Crippen LogP contribution is -2.17. The highest BCUT2D eigenvalue weighted by molar-refractivity contribution is 7.92. The van der Waals surface area contributed by atoms with Gasteiger partial charge in [0.15, 0.2) is 11.6 Å². The molecule has 0 bridgehead atoms. The lowest BCUT2D eigenvalue weighted by atomic mass is 10.2. The van der Waals surface area contributed by atoms with Crippen LogP contribution in [0.2, 0.25) is 0 Å². The molecule has 0 aliphatic carbocycles. The van der Waals surface area contributed by atoms with Crippen LogP contribution in [-0.2, 0) is 10.0 Å². The Balaban J connectivity index is 3.32. The second kappa shape index (κ2) is 4.66. The molecule has 0 amide bonds. The average molecular weight is 265 g/mol. The fraction of sp³-hybridized carbons (Fsp3) is 0.222. The van der Waals surface area contributed by atoms with E-state index in [1.54, 1.807) is 0 Å². The SMILES string of the molecule is CCS(=O)(=O)Nc1cc(F)c(F)cc1C(=O)O. The van der Waals surface area contributed by atoms with Crippen molar-refractivity contribution in [1.82, 2.24) is 0 Å². The number of rotatable bonds is 4. The first kappa shape index (κ1) is 13.4. The Kier molecular flexibility index (Phi) is 3.66. The minimum atomic E-state index is -3.76. The first-order valence-electron chi connectivity index (χ1n) is 4.49. The Morgan fingerprint density at radius 1 is 1.35 bits per heavy atom. The van der Waals surface area contributed by atoms with Crippen LogP contribution in [0.4, 0.5) is 14.5 Å². The molecular formula is C9H9F2NO4S. The van der Waals surface area contributed by atoms with Crippen LogP contribution in [0.5, 0.6) is 0 Å². The van der Waals surface area contributed by atoms with E-state index in [9.17, 15) is 22.0 Å². The summed E-state index contributed by atoms with van der Waals surface area (Å²) in [5, 5.41) is 8.73. The molecule has 94 valence electrons. The molecule has 2 N–H and O–H groups in total. The van der Waals surface area contributed by atoms with E-state index in [4.69, 9.17) is 5.11 Å². The second-order valence-electron chi connectivity index (χ2n) is 3.12. The Morgan fingerprint density at radius 2 is 1.88 bits per heavy atom. The molecule has 0 saturated heterocycles. The third-order valence-corrected chi connectivity index (χ3v) is 3.23. The molecular weight excluding hydrogens is 256 g/mol. The van der Waals surface area contributed by atoms with Gasteiger partial charge in [0, 0.05) is 6.07 Å². The summed E-state index contributed by atoms with van der Waals surface area (Å²) in [7, 11) is -3.76. The van der Waals surface area contributed by atoms with Gasteiger partial charge in [-0.15, -0.1) is 0 Å². The van der Waals surface area contributed by atoms with Gasteiger partial charge >= 0.3 is 5.97 Å². The summed E-state index contributed by atoms with van der Waals surface area (Å²) in [6, 6.07) is 0.914. The van der Waals surface area contributed by atoms with Gasteiger partial charge in [0.05, 0.1) is 17.0 Å². The summed E-state index contributed by atoms with van der Waals surface area (Å²) >= 11 is 0. The van der Waals surface area contributed by atoms with Crippen LogP contribution < -0.4 is 4.72 Å². The van der Waals surface area contributed by atoms with E-state index in [1.807, 2.05) is 4.72 Å². The normalized spacial score (nSPS) is 11.2. The number of aromatic carboxylic acids is 1. The molecule has 1 aromatic rings. The van der Waals surface area contributed by atoms with Gasteiger partial charge in [-0.2, -0.15) is 0 Å². The quantitative estimate of drug-likeness (QED) is 0.862. The van der Waals surface area contributed by atoms with Gasteiger partial charge in [-0.25, -0.2) is 22.0 Å². The van der Waals surface area contributed by atoms with Crippen molar-refractivity contribution < 1.29 is 27.1 Å². The molecule has 5 nitrogen and oxygen atoms in total. The fourth-order valence-electron chi connectivity index (χ4n) is 1.05. The third-order valence-electron chi connectivity index (χ3n) is 1.94. The molecule has 0 fully saturated rings. The van der Waals surface area contributed by atoms with Crippen molar-refractivity contribution in [2.45, 2.75) is 6.92 Å². The van der Waals surface area contributed by atoms with Crippen molar-refractivity contribution >= 4 is 21.7 Å². The van der Waals surface area contributed by atoms with Crippen molar-refractivity contribution in [3.63, 3.8) is 0 Å². The van der Waals surface area contributed by atoms with Crippen LogP contribution in [0.25, 0.3) is 0 Å². The smallest absolute Gasteiger partial charge is 0.337 e. The lowest BCUT2D eigenvalue weighted by molar-refractivity contribution is 0.0697. The van der Waals surface area contributed by atoms with Crippen molar-refractivity contribution in [1.29, 1.82) is 0 Å². The van der Waals surface area contributed by atoms with E-state index in [0.717, 1.165) is 0 Å². The topological polar surface area (TPSA) is 83.5 Å². The first-order chi connectivity index (χ1) is 7.76. The van der Waals surface area contributed by atoms with E-state index in [2.05, 4.69) is 0 Å². The van der Waals surface area contributed by atoms with Crippen molar-refractivity contribution in [3.8, 4) is 0 Å². The largest absolute Gasteiger partial charge is 0.478 e. The minimum absolute atomic E-state index is 0.314. The van der Waals surface area contributed by atoms with E-state index >= 15 is 0 Å². The molecule has 0 radical (unpaired) electrons. The number of carboxylic acid groups (broad SMARTS) is 1. The number of hydrogen-bond donors (Lipinski definition) is 2. The molecule has 0 unspecified atom stereocenters. The predicted octanol–water partition coefficient (Wildman–Crippen LogP) is 1.42. The Labute approximate surface area is 96.1 Å². The molecule has 0 spiro atoms. The van der Waals surface area contributed by atoms with E-state index in [0.29, 0.717) is 12.1 Å². The summed E-state index contributed by atoms with van der Waals surface area (Å²) in [4.78, 5) is 10.7. The van der Waals surface area contributed by atoms with E-state index < -0.39 is 38.9 Å². The standard InChI is InChI=1S/C9H9F2NO4S/c1-2-17(15,16)12-8-4-7(11)6(10)3-5(8)9(13)14/h3-4,12H,2H2,1H3,(H,13,14). The van der Waals surface area contributed by atoms with Gasteiger partial charge in [0.1, 0.15) is 0 Å². The predicted molar refractivity (Wildman–Crippen MR) is 56.4 cm³/mol. The van der Waals surface area contributed by atoms with Gasteiger partial charge < -0.3 is 5.11 Å². The summed E-state index contributed by atoms with van der Waals surface area (Å²) in [6.07, 6.45) is 0. The van der Waals surface area contributed by atoms with Gasteiger partial charge in [0.2, 0.25) is 10.0 Å². The van der Waals surface area contributed by atoms with Crippen molar-refractivity contribution in [3.05, 3.63) is 29.3 Å². The summed E-state index contributed by atoms with van der Waals surface area (Å²) in [5.41, 5.74) is -1.15. The minimum Gasteiger partial charge on any atom is -0.478 e. The molecule has 0 aliphatic rings. The van der Waals surface area contributed by atoms with Gasteiger partial charge in [-0.3, -0.25) is 4.72 Å². The molecule has 0 aliphatic heterocycles. The third kappa shape index (κ3) is 3.13. The molecule has 17 heavy (non-hydrogen) atoms. The Hall–Kier alpha value is -1.70. The molecule has 1 rings (SSSR count). The Morgan fingerprint density at radius 3 is 2.35 bits per heavy atom. The maximum atomic E-state index is 12.9. The summed E-state index contributed by atoms with van der Waals surface area (Å²) < 4.78 is 50.0. The number of benzene rings is 1. The first-order valence-corrected chi connectivity index (χ1v) is 6.15. The number of sulfonamides is 1. The van der Waals surface area contributed by atoms with Crippen LogP contribution >= 0.6 is 0 Å². The highest BCUT2D eigenvalue weighted by Gasteiger charge is 2.18. The molecule has 8 heteroatoms. The fourth-order valence-corrected chi connectivity index (χ4v) is 1.70. The van der Waals surface area contributed by atoms with Gasteiger partial charge in [0.25, 0.3) is 0 Å². The molecule has 0 saturated carbocycles. The van der Waals surface area contributed by atoms with Crippen LogP contribution in [0.3, 0.4) is 0 Å². The number of carbonyl (C=O) groups is 1. The van der Waals surface area contributed by atoms with Crippen LogP contribution in [0.15, 0.2) is 12.1 Å². The van der Waals surface area contributed by atoms with Crippen LogP contribution in [0, 0.1) is 11.6 Å². The average Bonchev–Trinajstić information content (AvgIpc) is 2.22. The zero-order valence-corrected chi connectivity index (χ0v) is 9.51. The highest BCUT2D eigenvalue weighted by Crippen LogP contribution is 2.21. The van der Waals surface area contributed by atoms with Crippen LogP contribution in [-0.4, -0.2) is 25.2 Å². The monoisotopic (exact) mass is 265 g/mol. The number of hydrogen-bond acceptors (Lipinski definition) is 3. The second-order valence-corrected chi connectivity index (χ2v) is 5.13. The number of anilines is 1. The molecule has 0 heterocycles. The van der Waals surface area contributed by atoms with Crippen LogP contribution in [0.1, 0.15) is 17.3 Å². The zero-order valence-electron chi connectivity index (χ0n) is 8.70. The van der Waals surface area contributed by atoms with Gasteiger partial charge in [-0.05, 0) is 13.0 Å². The van der Waals surface area contributed by atoms with Crippen molar-refractivity contribution in [2.24, 2.45) is 0 Å². The maximum absolute atomic E-state index is 12.9. The Bertz CT molecular complexity index is 556. The highest BCUT2D eigenvalue weighted by atomic mass is 32.2. The summed E-state index contributed by atoms with van der Waals surface area (Å²) in [6.45, 7) is 1.32. The maximum Gasteiger partial charge on any atom is 0.337 e. The number of nitrogens with one attached hydrogen (secondary N) is 1. The number of carboxylic acids is 1. The summed E-state index contributed by atoms with van der Waals surface area (Å²) in [5.74, 6) is -4.56. The number of halogens is 2. The lowest BCUT2D eigenvalue weighted by Gasteiger charge is -2.09. The van der Waals surface area contributed by atoms with Gasteiger partial charge in [-0.1, -0.05) is 0 Å². The van der Waals surface area contributed by atoms with Crippen molar-refractivity contribution in [2.75, 3.05) is 10.5 Å². The molecule has 0 aromatic heterocycles. The van der Waals surface area contributed by atoms with E-state index in [1.165, 1.54) is 6.92 Å². The van der Waals surface area contributed by atoms with E-state index in [-0.39, 0.29) is 5.75 Å². The molecule has 1 aromatic carbocycles. The molecule has 0 atom stereocenters.